The van der Waals surface area contributed by atoms with Gasteiger partial charge >= 0.3 is 0 Å². The van der Waals surface area contributed by atoms with E-state index in [-0.39, 0.29) is 16.6 Å². The third-order valence-corrected chi connectivity index (χ3v) is 3.08. The van der Waals surface area contributed by atoms with E-state index in [4.69, 9.17) is 11.6 Å². The number of nitro benzene ring substituents is 1. The second kappa shape index (κ2) is 3.18. The number of carbonyl (C=O) groups is 1. The number of nitrogens with zero attached hydrogens (tertiary/aromatic N) is 1. The maximum atomic E-state index is 11.6. The van der Waals surface area contributed by atoms with E-state index >= 15 is 0 Å². The summed E-state index contributed by atoms with van der Waals surface area (Å²) in [5.74, 6) is -0.181. The molecule has 1 aliphatic rings. The van der Waals surface area contributed by atoms with Gasteiger partial charge in [-0.25, -0.2) is 0 Å². The molecule has 0 saturated heterocycles. The molecule has 0 aromatic heterocycles. The van der Waals surface area contributed by atoms with Gasteiger partial charge in [-0.3, -0.25) is 14.9 Å². The van der Waals surface area contributed by atoms with Crippen molar-refractivity contribution in [2.45, 2.75) is 19.3 Å². The molecule has 1 aliphatic heterocycles. The Morgan fingerprint density at radius 1 is 1.44 bits per heavy atom. The molecule has 1 amide bonds. The fraction of sp³-hybridized carbons (Fsp3) is 0.300. The van der Waals surface area contributed by atoms with Gasteiger partial charge < -0.3 is 5.32 Å². The normalized spacial score (nSPS) is 16.8. The number of hydrogen-bond acceptors (Lipinski definition) is 3. The van der Waals surface area contributed by atoms with Crippen LogP contribution in [0, 0.1) is 10.1 Å². The average Bonchev–Trinajstić information content (AvgIpc) is 2.36. The highest BCUT2D eigenvalue weighted by Gasteiger charge is 2.40. The van der Waals surface area contributed by atoms with E-state index in [2.05, 4.69) is 5.32 Å². The zero-order valence-corrected chi connectivity index (χ0v) is 9.46. The number of nitrogens with one attached hydrogen (secondary N) is 1. The Bertz CT molecular complexity index is 511. The first kappa shape index (κ1) is 10.9. The molecule has 5 nitrogen and oxygen atoms in total. The molecule has 0 spiro atoms. The number of anilines is 1. The topological polar surface area (TPSA) is 72.2 Å². The van der Waals surface area contributed by atoms with Crippen molar-refractivity contribution in [3.63, 3.8) is 0 Å². The largest absolute Gasteiger partial charge is 0.325 e. The lowest BCUT2D eigenvalue weighted by molar-refractivity contribution is -0.384. The molecule has 0 aliphatic carbocycles. The molecule has 84 valence electrons. The van der Waals surface area contributed by atoms with Crippen LogP contribution in [0.2, 0.25) is 5.02 Å². The second-order valence-corrected chi connectivity index (χ2v) is 4.59. The minimum atomic E-state index is -0.759. The molecule has 1 aromatic carbocycles. The van der Waals surface area contributed by atoms with Gasteiger partial charge in [0.15, 0.2) is 0 Å². The fourth-order valence-corrected chi connectivity index (χ4v) is 1.96. The highest BCUT2D eigenvalue weighted by molar-refractivity contribution is 6.33. The number of rotatable bonds is 1. The van der Waals surface area contributed by atoms with Crippen molar-refractivity contribution in [1.29, 1.82) is 0 Å². The van der Waals surface area contributed by atoms with Gasteiger partial charge in [0.05, 0.1) is 10.3 Å². The van der Waals surface area contributed by atoms with Gasteiger partial charge in [0, 0.05) is 11.8 Å². The summed E-state index contributed by atoms with van der Waals surface area (Å²) in [5, 5.41) is 13.4. The molecule has 0 unspecified atom stereocenters. The van der Waals surface area contributed by atoms with E-state index in [0.717, 1.165) is 0 Å². The van der Waals surface area contributed by atoms with Crippen molar-refractivity contribution in [2.24, 2.45) is 0 Å². The van der Waals surface area contributed by atoms with Crippen LogP contribution >= 0.6 is 11.6 Å². The minimum absolute atomic E-state index is 0.0294. The fourth-order valence-electron chi connectivity index (χ4n) is 1.72. The number of amides is 1. The lowest BCUT2D eigenvalue weighted by Crippen LogP contribution is -2.26. The zero-order valence-electron chi connectivity index (χ0n) is 8.70. The van der Waals surface area contributed by atoms with Crippen molar-refractivity contribution in [2.75, 3.05) is 5.32 Å². The predicted molar refractivity (Wildman–Crippen MR) is 59.8 cm³/mol. The first-order valence-corrected chi connectivity index (χ1v) is 5.01. The van der Waals surface area contributed by atoms with Gasteiger partial charge in [-0.1, -0.05) is 11.6 Å². The van der Waals surface area contributed by atoms with Crippen molar-refractivity contribution in [3.05, 3.63) is 32.8 Å². The number of halogens is 1. The Morgan fingerprint density at radius 2 is 2.06 bits per heavy atom. The molecule has 1 aromatic rings. The monoisotopic (exact) mass is 240 g/mol. The second-order valence-electron chi connectivity index (χ2n) is 4.19. The first-order valence-electron chi connectivity index (χ1n) is 4.64. The molecule has 6 heteroatoms. The predicted octanol–water partition coefficient (Wildman–Crippen LogP) is 2.48. The van der Waals surface area contributed by atoms with Gasteiger partial charge in [-0.15, -0.1) is 0 Å². The van der Waals surface area contributed by atoms with Crippen molar-refractivity contribution < 1.29 is 9.72 Å². The van der Waals surface area contributed by atoms with E-state index in [1.54, 1.807) is 13.8 Å². The molecular weight excluding hydrogens is 232 g/mol. The zero-order chi connectivity index (χ0) is 12.1. The summed E-state index contributed by atoms with van der Waals surface area (Å²) in [6, 6.07) is 2.78. The molecular formula is C10H9ClN2O3. The number of benzene rings is 1. The van der Waals surface area contributed by atoms with E-state index in [1.807, 2.05) is 0 Å². The molecule has 0 saturated carbocycles. The summed E-state index contributed by atoms with van der Waals surface area (Å²) in [6.07, 6.45) is 0. The quantitative estimate of drug-likeness (QED) is 0.605. The molecule has 0 fully saturated rings. The third-order valence-electron chi connectivity index (χ3n) is 2.77. The maximum Gasteiger partial charge on any atom is 0.288 e. The van der Waals surface area contributed by atoms with Crippen LogP contribution in [0.25, 0.3) is 0 Å². The summed E-state index contributed by atoms with van der Waals surface area (Å²) in [5.41, 5.74) is 0.217. The Hall–Kier alpha value is -1.62. The molecule has 2 rings (SSSR count). The Kier molecular flexibility index (Phi) is 2.17. The van der Waals surface area contributed by atoms with Crippen LogP contribution in [0.3, 0.4) is 0 Å². The van der Waals surface area contributed by atoms with E-state index in [1.165, 1.54) is 12.1 Å². The van der Waals surface area contributed by atoms with Crippen LogP contribution in [0.4, 0.5) is 11.4 Å². The SMILES string of the molecule is CC1(C)C(=O)Nc2cc(Cl)c([N+](=O)[O-])cc21. The van der Waals surface area contributed by atoms with Crippen molar-refractivity contribution in [3.8, 4) is 0 Å². The van der Waals surface area contributed by atoms with E-state index in [0.29, 0.717) is 11.3 Å². The van der Waals surface area contributed by atoms with Crippen LogP contribution < -0.4 is 5.32 Å². The molecule has 0 bridgehead atoms. The van der Waals surface area contributed by atoms with Crippen LogP contribution in [0.1, 0.15) is 19.4 Å². The Balaban J connectivity index is 2.67. The summed E-state index contributed by atoms with van der Waals surface area (Å²) in [7, 11) is 0. The third kappa shape index (κ3) is 1.36. The van der Waals surface area contributed by atoms with Gasteiger partial charge in [-0.05, 0) is 25.5 Å². The molecule has 0 atom stereocenters. The van der Waals surface area contributed by atoms with Crippen molar-refractivity contribution in [1.82, 2.24) is 0 Å². The number of carbonyl (C=O) groups excluding carboxylic acids is 1. The smallest absolute Gasteiger partial charge is 0.288 e. The average molecular weight is 241 g/mol. The van der Waals surface area contributed by atoms with Crippen LogP contribution in [0.15, 0.2) is 12.1 Å². The molecule has 16 heavy (non-hydrogen) atoms. The summed E-state index contributed by atoms with van der Waals surface area (Å²) in [6.45, 7) is 3.43. The van der Waals surface area contributed by atoms with Gasteiger partial charge in [0.25, 0.3) is 5.69 Å². The molecule has 1 heterocycles. The molecule has 1 N–H and O–H groups in total. The van der Waals surface area contributed by atoms with Gasteiger partial charge in [0.2, 0.25) is 5.91 Å². The summed E-state index contributed by atoms with van der Waals surface area (Å²) < 4.78 is 0. The van der Waals surface area contributed by atoms with E-state index < -0.39 is 10.3 Å². The van der Waals surface area contributed by atoms with E-state index in [9.17, 15) is 14.9 Å². The maximum absolute atomic E-state index is 11.6. The first-order chi connectivity index (χ1) is 7.34. The standard InChI is InChI=1S/C10H9ClN2O3/c1-10(2)5-3-8(13(15)16)6(11)4-7(5)12-9(10)14/h3-4H,1-2H3,(H,12,14). The summed E-state index contributed by atoms with van der Waals surface area (Å²) in [4.78, 5) is 21.8. The van der Waals surface area contributed by atoms with Crippen LogP contribution in [-0.4, -0.2) is 10.8 Å². The number of nitro groups is 1. The lowest BCUT2D eigenvalue weighted by Gasteiger charge is -2.14. The Labute approximate surface area is 96.6 Å². The Morgan fingerprint density at radius 3 is 2.62 bits per heavy atom. The highest BCUT2D eigenvalue weighted by atomic mass is 35.5. The van der Waals surface area contributed by atoms with Crippen LogP contribution in [-0.2, 0) is 10.2 Å². The van der Waals surface area contributed by atoms with Gasteiger partial charge in [-0.2, -0.15) is 0 Å². The van der Waals surface area contributed by atoms with Gasteiger partial charge in [0.1, 0.15) is 5.02 Å². The van der Waals surface area contributed by atoms with Crippen LogP contribution in [0.5, 0.6) is 0 Å². The lowest BCUT2D eigenvalue weighted by atomic mass is 9.86. The molecule has 0 radical (unpaired) electrons. The summed E-state index contributed by atoms with van der Waals surface area (Å²) >= 11 is 5.75. The number of hydrogen-bond donors (Lipinski definition) is 1. The number of fused-ring (bicyclic) bond motifs is 1. The van der Waals surface area contributed by atoms with Crippen molar-refractivity contribution >= 4 is 28.9 Å². The highest BCUT2D eigenvalue weighted by Crippen LogP contribution is 2.42. The minimum Gasteiger partial charge on any atom is -0.325 e.